The standard InChI is InChI=1S/C30H28F4N4O4/c1-2-19-17-21(35-36-26(19)39)15-18-7-8-25(31)24(16-18)27(40)37-12-10-22(11-13-37)38-14-9-20-5-3-4-6-23(20)28(38)42-29(41)30(32,33)34/h3-8,16-17,22H,2,9-15H2,1H3/p+1. The molecule has 1 N–H and O–H groups in total. The van der Waals surface area contributed by atoms with E-state index in [0.717, 1.165) is 5.56 Å². The summed E-state index contributed by atoms with van der Waals surface area (Å²) in [5, 5.41) is 6.50. The van der Waals surface area contributed by atoms with Crippen LogP contribution in [0.3, 0.4) is 0 Å². The molecule has 3 aromatic rings. The van der Waals surface area contributed by atoms with Gasteiger partial charge in [-0.2, -0.15) is 22.8 Å². The van der Waals surface area contributed by atoms with Crippen molar-refractivity contribution in [2.24, 2.45) is 0 Å². The monoisotopic (exact) mass is 585 g/mol. The first-order valence-electron chi connectivity index (χ1n) is 13.7. The van der Waals surface area contributed by atoms with Crippen molar-refractivity contribution in [3.05, 3.63) is 98.2 Å². The number of ether oxygens (including phenoxy) is 1. The Hall–Kier alpha value is -4.35. The van der Waals surface area contributed by atoms with E-state index in [9.17, 15) is 31.9 Å². The number of carbonyl (C=O) groups excluding carboxylic acids is 2. The number of amides is 1. The molecule has 42 heavy (non-hydrogen) atoms. The number of benzene rings is 2. The molecule has 1 fully saturated rings. The van der Waals surface area contributed by atoms with Crippen molar-refractivity contribution in [2.75, 3.05) is 19.6 Å². The van der Waals surface area contributed by atoms with Crippen LogP contribution in [-0.2, 0) is 28.8 Å². The molecule has 220 valence electrons. The number of H-pyrrole nitrogens is 1. The molecule has 2 aliphatic rings. The van der Waals surface area contributed by atoms with Crippen molar-refractivity contribution >= 4 is 17.8 Å². The Morgan fingerprint density at radius 1 is 1.12 bits per heavy atom. The molecule has 0 aliphatic carbocycles. The first-order valence-corrected chi connectivity index (χ1v) is 13.7. The second-order valence-corrected chi connectivity index (χ2v) is 10.4. The smallest absolute Gasteiger partial charge is 0.364 e. The zero-order valence-corrected chi connectivity index (χ0v) is 22.8. The fourth-order valence-corrected chi connectivity index (χ4v) is 5.50. The van der Waals surface area contributed by atoms with Crippen LogP contribution in [0.5, 0.6) is 0 Å². The number of likely N-dealkylation sites (tertiary alicyclic amines) is 1. The third kappa shape index (κ3) is 6.12. The number of fused-ring (bicyclic) bond motifs is 1. The van der Waals surface area contributed by atoms with Gasteiger partial charge < -0.3 is 9.64 Å². The Morgan fingerprint density at radius 2 is 1.86 bits per heavy atom. The third-order valence-corrected chi connectivity index (χ3v) is 7.70. The van der Waals surface area contributed by atoms with Crippen LogP contribution in [0.4, 0.5) is 17.6 Å². The molecule has 0 saturated carbocycles. The van der Waals surface area contributed by atoms with Crippen LogP contribution in [0.15, 0.2) is 53.3 Å². The number of esters is 1. The summed E-state index contributed by atoms with van der Waals surface area (Å²) in [4.78, 5) is 38.5. The van der Waals surface area contributed by atoms with E-state index in [1.165, 1.54) is 17.0 Å². The maximum Gasteiger partial charge on any atom is 0.491 e. The summed E-state index contributed by atoms with van der Waals surface area (Å²) in [5.41, 5.74) is 2.66. The molecule has 0 unspecified atom stereocenters. The lowest BCUT2D eigenvalue weighted by atomic mass is 9.97. The number of aromatic amines is 1. The minimum absolute atomic E-state index is 0.0932. The molecule has 1 saturated heterocycles. The molecular formula is C30H29F4N4O4+. The molecule has 0 atom stereocenters. The van der Waals surface area contributed by atoms with Crippen LogP contribution in [0.25, 0.3) is 0 Å². The number of nitrogens with zero attached hydrogens (tertiary/aromatic N) is 3. The maximum atomic E-state index is 14.8. The fourth-order valence-electron chi connectivity index (χ4n) is 5.50. The lowest BCUT2D eigenvalue weighted by Gasteiger charge is -2.32. The maximum absolute atomic E-state index is 14.8. The van der Waals surface area contributed by atoms with E-state index in [1.807, 2.05) is 6.92 Å². The van der Waals surface area contributed by atoms with Gasteiger partial charge in [0.15, 0.2) is 12.6 Å². The van der Waals surface area contributed by atoms with E-state index >= 15 is 0 Å². The SMILES string of the molecule is CCc1cc(Cc2ccc(F)c(C(=O)N3CCC([N+]4=C(OC(=O)C(F)(F)F)c5ccccc5CC4)CC3)c2)n[nH]c1=O. The molecule has 0 radical (unpaired) electrons. The molecular weight excluding hydrogens is 556 g/mol. The highest BCUT2D eigenvalue weighted by Gasteiger charge is 2.45. The van der Waals surface area contributed by atoms with Crippen molar-refractivity contribution < 1.29 is 36.5 Å². The van der Waals surface area contributed by atoms with E-state index in [2.05, 4.69) is 10.2 Å². The van der Waals surface area contributed by atoms with Crippen LogP contribution < -0.4 is 5.56 Å². The van der Waals surface area contributed by atoms with E-state index in [4.69, 9.17) is 4.74 Å². The number of rotatable bonds is 5. The number of aromatic nitrogens is 2. The molecule has 3 heterocycles. The summed E-state index contributed by atoms with van der Waals surface area (Å²) in [6.45, 7) is 2.69. The van der Waals surface area contributed by atoms with Gasteiger partial charge in [0.05, 0.1) is 16.8 Å². The molecule has 12 heteroatoms. The van der Waals surface area contributed by atoms with Crippen molar-refractivity contribution in [1.29, 1.82) is 0 Å². The summed E-state index contributed by atoms with van der Waals surface area (Å²) < 4.78 is 60.6. The minimum atomic E-state index is -5.15. The Kier molecular flexibility index (Phi) is 8.24. The van der Waals surface area contributed by atoms with Gasteiger partial charge in [-0.3, -0.25) is 9.59 Å². The van der Waals surface area contributed by atoms with Crippen LogP contribution in [0.2, 0.25) is 0 Å². The normalized spacial score (nSPS) is 15.9. The molecule has 0 spiro atoms. The van der Waals surface area contributed by atoms with Gasteiger partial charge in [0.25, 0.3) is 11.5 Å². The highest BCUT2D eigenvalue weighted by Crippen LogP contribution is 2.26. The molecule has 1 aromatic heterocycles. The zero-order chi connectivity index (χ0) is 30.0. The second kappa shape index (κ2) is 11.9. The summed E-state index contributed by atoms with van der Waals surface area (Å²) in [6, 6.07) is 12.5. The van der Waals surface area contributed by atoms with Gasteiger partial charge in [0.1, 0.15) is 5.82 Å². The van der Waals surface area contributed by atoms with Gasteiger partial charge in [-0.25, -0.2) is 14.3 Å². The van der Waals surface area contributed by atoms with E-state index in [0.29, 0.717) is 54.6 Å². The minimum Gasteiger partial charge on any atom is -0.364 e. The Balaban J connectivity index is 1.33. The van der Waals surface area contributed by atoms with Crippen LogP contribution in [0, 0.1) is 5.82 Å². The van der Waals surface area contributed by atoms with Crippen LogP contribution in [0.1, 0.15) is 58.1 Å². The highest BCUT2D eigenvalue weighted by atomic mass is 19.4. The topological polar surface area (TPSA) is 95.4 Å². The zero-order valence-electron chi connectivity index (χ0n) is 22.8. The number of hydrogen-bond acceptors (Lipinski definition) is 5. The number of carbonyl (C=O) groups is 2. The molecule has 2 aromatic carbocycles. The van der Waals surface area contributed by atoms with Crippen LogP contribution in [-0.4, -0.2) is 69.3 Å². The summed E-state index contributed by atoms with van der Waals surface area (Å²) in [7, 11) is 0. The molecule has 8 nitrogen and oxygen atoms in total. The predicted molar refractivity (Wildman–Crippen MR) is 144 cm³/mol. The fraction of sp³-hybridized carbons (Fsp3) is 0.367. The number of aryl methyl sites for hydroxylation is 1. The van der Waals surface area contributed by atoms with Crippen molar-refractivity contribution in [3.8, 4) is 0 Å². The van der Waals surface area contributed by atoms with Gasteiger partial charge in [0, 0.05) is 44.3 Å². The molecule has 1 amide bonds. The molecule has 0 bridgehead atoms. The predicted octanol–water partition coefficient (Wildman–Crippen LogP) is 3.79. The average molecular weight is 586 g/mol. The van der Waals surface area contributed by atoms with E-state index < -0.39 is 23.9 Å². The van der Waals surface area contributed by atoms with Crippen molar-refractivity contribution in [3.63, 3.8) is 0 Å². The Bertz CT molecular complexity index is 1610. The lowest BCUT2D eigenvalue weighted by Crippen LogP contribution is -2.48. The van der Waals surface area contributed by atoms with Crippen LogP contribution >= 0.6 is 0 Å². The Morgan fingerprint density at radius 3 is 2.57 bits per heavy atom. The summed E-state index contributed by atoms with van der Waals surface area (Å²) in [5.74, 6) is -3.58. The summed E-state index contributed by atoms with van der Waals surface area (Å²) in [6.07, 6.45) is -2.98. The highest BCUT2D eigenvalue weighted by molar-refractivity contribution is 6.00. The number of alkyl halides is 3. The third-order valence-electron chi connectivity index (χ3n) is 7.70. The van der Waals surface area contributed by atoms with E-state index in [1.54, 1.807) is 41.0 Å². The number of halogens is 4. The first kappa shape index (κ1) is 29.2. The van der Waals surface area contributed by atoms with Gasteiger partial charge >= 0.3 is 18.0 Å². The summed E-state index contributed by atoms with van der Waals surface area (Å²) >= 11 is 0. The molecule has 5 rings (SSSR count). The number of piperidine rings is 1. The van der Waals surface area contributed by atoms with Crippen molar-refractivity contribution in [1.82, 2.24) is 15.1 Å². The first-order chi connectivity index (χ1) is 20.0. The van der Waals surface area contributed by atoms with Gasteiger partial charge in [-0.1, -0.05) is 31.2 Å². The Labute approximate surface area is 238 Å². The quantitative estimate of drug-likeness (QED) is 0.280. The lowest BCUT2D eigenvalue weighted by molar-refractivity contribution is -0.577. The second-order valence-electron chi connectivity index (χ2n) is 10.4. The largest absolute Gasteiger partial charge is 0.491 e. The van der Waals surface area contributed by atoms with Crippen molar-refractivity contribution in [2.45, 2.75) is 51.2 Å². The van der Waals surface area contributed by atoms with E-state index in [-0.39, 0.29) is 42.6 Å². The van der Waals surface area contributed by atoms with Gasteiger partial charge in [0.2, 0.25) is 0 Å². The molecule has 2 aliphatic heterocycles. The number of nitrogens with one attached hydrogen (secondary N) is 1. The number of hydrogen-bond donors (Lipinski definition) is 1. The van der Waals surface area contributed by atoms with Gasteiger partial charge in [-0.15, -0.1) is 0 Å². The van der Waals surface area contributed by atoms with Gasteiger partial charge in [-0.05, 0) is 41.8 Å². The average Bonchev–Trinajstić information content (AvgIpc) is 2.98.